The van der Waals surface area contributed by atoms with E-state index in [1.165, 1.54) is 34.0 Å². The molecule has 2 N–H and O–H groups in total. The number of hydrogen-bond donors (Lipinski definition) is 2. The van der Waals surface area contributed by atoms with Crippen LogP contribution in [0.15, 0.2) is 85.5 Å². The predicted octanol–water partition coefficient (Wildman–Crippen LogP) is 11.1. The molecule has 8 saturated carbocycles. The third kappa shape index (κ3) is 4.48. The summed E-state index contributed by atoms with van der Waals surface area (Å²) in [7, 11) is 3.24. The molecular weight excluding hydrogens is 594 g/mol. The molecule has 4 aromatic rings. The fourth-order valence-electron chi connectivity index (χ4n) is 13.3. The van der Waals surface area contributed by atoms with Gasteiger partial charge in [0.15, 0.2) is 0 Å². The molecule has 46 heavy (non-hydrogen) atoms. The van der Waals surface area contributed by atoms with Gasteiger partial charge in [0.1, 0.15) is 0 Å². The fourth-order valence-corrected chi connectivity index (χ4v) is 19.1. The molecule has 8 bridgehead atoms. The maximum atomic E-state index is 3.43. The van der Waals surface area contributed by atoms with Crippen LogP contribution in [0.25, 0.3) is 11.1 Å². The molecule has 0 amide bonds. The van der Waals surface area contributed by atoms with Crippen molar-refractivity contribution in [3.8, 4) is 11.1 Å². The molecule has 2 aromatic carbocycles. The summed E-state index contributed by atoms with van der Waals surface area (Å²) in [6, 6.07) is 23.4. The van der Waals surface area contributed by atoms with Crippen molar-refractivity contribution in [3.63, 3.8) is 0 Å². The van der Waals surface area contributed by atoms with Gasteiger partial charge in [-0.3, -0.25) is 0 Å². The number of aromatic nitrogens is 2. The Morgan fingerprint density at radius 1 is 0.609 bits per heavy atom. The summed E-state index contributed by atoms with van der Waals surface area (Å²) >= 11 is 0. The molecule has 0 radical (unpaired) electrons. The highest BCUT2D eigenvalue weighted by Crippen LogP contribution is 2.80. The quantitative estimate of drug-likeness (QED) is 0.179. The van der Waals surface area contributed by atoms with Gasteiger partial charge >= 0.3 is 0 Å². The molecule has 8 fully saturated rings. The number of hydrogen-bond acceptors (Lipinski definition) is 0. The Kier molecular flexibility index (Phi) is 6.69. The monoisotopic (exact) mass is 644 g/mol. The SMILES string of the molecule is PC(c1cc[nH]c1)(c1cc[nH]c1)c1cc(-c2ccccc2)ccc1CP(C12CC3CC(CC(C3)C1)C2)C12CC3CC(CC(C3)C1)C2. The summed E-state index contributed by atoms with van der Waals surface area (Å²) in [5.41, 5.74) is 8.45. The third-order valence-corrected chi connectivity index (χ3v) is 19.3. The second kappa shape index (κ2) is 10.7. The first kappa shape index (κ1) is 28.8. The van der Waals surface area contributed by atoms with Gasteiger partial charge in [-0.05, 0) is 181 Å². The minimum Gasteiger partial charge on any atom is -0.367 e. The third-order valence-electron chi connectivity index (χ3n) is 14.2. The number of nitrogens with one attached hydrogen (secondary N) is 2. The maximum absolute atomic E-state index is 3.43. The van der Waals surface area contributed by atoms with Gasteiger partial charge in [-0.2, -0.15) is 0 Å². The van der Waals surface area contributed by atoms with Crippen LogP contribution in [0, 0.1) is 35.5 Å². The molecule has 4 heteroatoms. The van der Waals surface area contributed by atoms with E-state index < -0.39 is 0 Å². The Bertz CT molecular complexity index is 1550. The average molecular weight is 645 g/mol. The number of rotatable bonds is 8. The maximum Gasteiger partial charge on any atom is 0.0623 e. The number of aromatic amines is 2. The summed E-state index contributed by atoms with van der Waals surface area (Å²) < 4.78 is 0. The molecule has 8 aliphatic rings. The van der Waals surface area contributed by atoms with Crippen molar-refractivity contribution in [2.75, 3.05) is 0 Å². The lowest BCUT2D eigenvalue weighted by Gasteiger charge is -2.67. The van der Waals surface area contributed by atoms with E-state index in [1.54, 1.807) is 82.6 Å². The second-order valence-corrected chi connectivity index (χ2v) is 21.1. The molecule has 2 heterocycles. The lowest BCUT2D eigenvalue weighted by atomic mass is 9.55. The Balaban J connectivity index is 1.16. The van der Waals surface area contributed by atoms with Crippen LogP contribution in [-0.4, -0.2) is 20.3 Å². The van der Waals surface area contributed by atoms with Crippen molar-refractivity contribution in [3.05, 3.63) is 108 Å². The largest absolute Gasteiger partial charge is 0.367 e. The standard InChI is InChI=1S/C42H50N2P2/c45-42(37-8-10-43-25-37,38-9-11-44-26-38)39-18-35(34-4-2-1-3-5-34)6-7-36(39)27-46(40-19-28-12-29(20-40)14-30(13-28)21-40)41-22-31-15-32(23-41)17-33(16-31)24-41/h1-11,18,25-26,28-33,43-44H,12-17,19-24,27,45H2. The van der Waals surface area contributed by atoms with E-state index in [-0.39, 0.29) is 13.1 Å². The number of benzene rings is 2. The average Bonchev–Trinajstić information content (AvgIpc) is 3.79. The first-order valence-electron chi connectivity index (χ1n) is 18.5. The van der Waals surface area contributed by atoms with Gasteiger partial charge in [0.05, 0.1) is 5.16 Å². The van der Waals surface area contributed by atoms with E-state index in [4.69, 9.17) is 0 Å². The van der Waals surface area contributed by atoms with Gasteiger partial charge in [-0.1, -0.05) is 50.4 Å². The lowest BCUT2D eigenvalue weighted by molar-refractivity contribution is 0.0184. The molecule has 0 aliphatic heterocycles. The molecule has 12 rings (SSSR count). The van der Waals surface area contributed by atoms with E-state index in [1.807, 2.05) is 0 Å². The van der Waals surface area contributed by atoms with Crippen LogP contribution in [0.3, 0.4) is 0 Å². The molecule has 1 atom stereocenters. The Labute approximate surface area is 279 Å². The molecule has 0 saturated heterocycles. The van der Waals surface area contributed by atoms with Crippen LogP contribution in [0.4, 0.5) is 0 Å². The molecule has 0 spiro atoms. The van der Waals surface area contributed by atoms with Crippen LogP contribution in [0.5, 0.6) is 0 Å². The normalized spacial score (nSPS) is 36.4. The highest BCUT2D eigenvalue weighted by molar-refractivity contribution is 7.60. The summed E-state index contributed by atoms with van der Waals surface area (Å²) in [5, 5.41) is 0.928. The molecular formula is C42H50N2P2. The van der Waals surface area contributed by atoms with Gasteiger partial charge in [0.25, 0.3) is 0 Å². The van der Waals surface area contributed by atoms with E-state index in [0.29, 0.717) is 10.3 Å². The van der Waals surface area contributed by atoms with Crippen molar-refractivity contribution >= 4 is 17.2 Å². The number of H-pyrrole nitrogens is 2. The summed E-state index contributed by atoms with van der Waals surface area (Å²) in [6.07, 6.45) is 28.7. The Morgan fingerprint density at radius 2 is 1.09 bits per heavy atom. The minimum atomic E-state index is -0.315. The summed E-state index contributed by atoms with van der Waals surface area (Å²) in [4.78, 5) is 6.86. The van der Waals surface area contributed by atoms with Gasteiger partial charge in [0.2, 0.25) is 0 Å². The molecule has 1 unspecified atom stereocenters. The van der Waals surface area contributed by atoms with Crippen molar-refractivity contribution in [1.29, 1.82) is 0 Å². The van der Waals surface area contributed by atoms with Gasteiger partial charge < -0.3 is 9.97 Å². The van der Waals surface area contributed by atoms with Crippen LogP contribution in [0.1, 0.15) is 99.3 Å². The predicted molar refractivity (Wildman–Crippen MR) is 195 cm³/mol. The van der Waals surface area contributed by atoms with Crippen molar-refractivity contribution in [2.45, 2.75) is 98.7 Å². The smallest absolute Gasteiger partial charge is 0.0623 e. The van der Waals surface area contributed by atoms with E-state index in [2.05, 4.69) is 105 Å². The summed E-state index contributed by atoms with van der Waals surface area (Å²) in [5.74, 6) is 6.11. The van der Waals surface area contributed by atoms with Crippen LogP contribution < -0.4 is 0 Å². The van der Waals surface area contributed by atoms with Gasteiger partial charge in [0, 0.05) is 24.8 Å². The Morgan fingerprint density at radius 3 is 1.52 bits per heavy atom. The second-order valence-electron chi connectivity index (χ2n) is 17.1. The highest BCUT2D eigenvalue weighted by Gasteiger charge is 2.62. The molecule has 8 aliphatic carbocycles. The van der Waals surface area contributed by atoms with E-state index >= 15 is 0 Å². The Hall–Kier alpha value is -2.14. The van der Waals surface area contributed by atoms with E-state index in [9.17, 15) is 0 Å². The van der Waals surface area contributed by atoms with E-state index in [0.717, 1.165) is 35.5 Å². The highest BCUT2D eigenvalue weighted by atomic mass is 31.1. The molecule has 2 aromatic heterocycles. The first-order valence-corrected chi connectivity index (χ1v) is 20.6. The first-order chi connectivity index (χ1) is 22.5. The zero-order valence-electron chi connectivity index (χ0n) is 27.3. The van der Waals surface area contributed by atoms with Crippen LogP contribution in [-0.2, 0) is 11.3 Å². The topological polar surface area (TPSA) is 31.6 Å². The van der Waals surface area contributed by atoms with Crippen molar-refractivity contribution < 1.29 is 0 Å². The molecule has 2 nitrogen and oxygen atoms in total. The summed E-state index contributed by atoms with van der Waals surface area (Å²) in [6.45, 7) is 0. The molecule has 238 valence electrons. The lowest BCUT2D eigenvalue weighted by Crippen LogP contribution is -2.56. The van der Waals surface area contributed by atoms with Crippen LogP contribution in [0.2, 0.25) is 0 Å². The van der Waals surface area contributed by atoms with Crippen molar-refractivity contribution in [1.82, 2.24) is 9.97 Å². The fraction of sp³-hybridized carbons (Fsp3) is 0.524. The van der Waals surface area contributed by atoms with Crippen molar-refractivity contribution in [2.24, 2.45) is 35.5 Å². The zero-order chi connectivity index (χ0) is 30.5. The van der Waals surface area contributed by atoms with Crippen LogP contribution >= 0.6 is 17.2 Å². The zero-order valence-corrected chi connectivity index (χ0v) is 29.3. The van der Waals surface area contributed by atoms with Gasteiger partial charge in [-0.25, -0.2) is 0 Å². The van der Waals surface area contributed by atoms with Gasteiger partial charge in [-0.15, -0.1) is 9.24 Å². The minimum absolute atomic E-state index is 0.152.